The van der Waals surface area contributed by atoms with Crippen molar-refractivity contribution in [3.05, 3.63) is 65.0 Å². The maximum absolute atomic E-state index is 4.51. The lowest BCUT2D eigenvalue weighted by Crippen LogP contribution is -2.19. The SMILES string of the molecule is Cc1ccccc1CNC1CCc2cccnc21. The Labute approximate surface area is 108 Å². The lowest BCUT2D eigenvalue weighted by molar-refractivity contribution is 0.520. The van der Waals surface area contributed by atoms with Gasteiger partial charge < -0.3 is 5.32 Å². The lowest BCUT2D eigenvalue weighted by Gasteiger charge is -2.14. The van der Waals surface area contributed by atoms with Crippen molar-refractivity contribution in [1.82, 2.24) is 10.3 Å². The van der Waals surface area contributed by atoms with Crippen LogP contribution in [0, 0.1) is 6.92 Å². The van der Waals surface area contributed by atoms with Gasteiger partial charge in [0.25, 0.3) is 0 Å². The van der Waals surface area contributed by atoms with Gasteiger partial charge in [-0.05, 0) is 42.5 Å². The predicted octanol–water partition coefficient (Wildman–Crippen LogP) is 3.17. The van der Waals surface area contributed by atoms with Crippen molar-refractivity contribution in [1.29, 1.82) is 0 Å². The van der Waals surface area contributed by atoms with Crippen LogP contribution >= 0.6 is 0 Å². The second-order valence-electron chi connectivity index (χ2n) is 4.95. The van der Waals surface area contributed by atoms with E-state index in [2.05, 4.69) is 47.6 Å². The predicted molar refractivity (Wildman–Crippen MR) is 73.3 cm³/mol. The van der Waals surface area contributed by atoms with Gasteiger partial charge in [0.1, 0.15) is 0 Å². The summed E-state index contributed by atoms with van der Waals surface area (Å²) in [5, 5.41) is 3.63. The molecule has 1 unspecified atom stereocenters. The Morgan fingerprint density at radius 3 is 3.00 bits per heavy atom. The Morgan fingerprint density at radius 2 is 2.11 bits per heavy atom. The smallest absolute Gasteiger partial charge is 0.0605 e. The van der Waals surface area contributed by atoms with Crippen LogP contribution in [-0.2, 0) is 13.0 Å². The molecule has 0 amide bonds. The number of hydrogen-bond donors (Lipinski definition) is 1. The molecule has 1 atom stereocenters. The van der Waals surface area contributed by atoms with E-state index in [1.54, 1.807) is 0 Å². The summed E-state index contributed by atoms with van der Waals surface area (Å²) in [7, 11) is 0. The Bertz CT molecular complexity index is 548. The molecule has 92 valence electrons. The molecule has 1 N–H and O–H groups in total. The highest BCUT2D eigenvalue weighted by atomic mass is 14.9. The molecule has 2 aromatic rings. The molecule has 2 heteroatoms. The van der Waals surface area contributed by atoms with Gasteiger partial charge in [-0.1, -0.05) is 30.3 Å². The van der Waals surface area contributed by atoms with E-state index in [1.807, 2.05) is 12.3 Å². The van der Waals surface area contributed by atoms with E-state index < -0.39 is 0 Å². The Kier molecular flexibility index (Phi) is 3.11. The molecule has 0 fully saturated rings. The van der Waals surface area contributed by atoms with Crippen LogP contribution in [0.25, 0.3) is 0 Å². The second-order valence-corrected chi connectivity index (χ2v) is 4.95. The summed E-state index contributed by atoms with van der Waals surface area (Å²) in [5.74, 6) is 0. The molecule has 18 heavy (non-hydrogen) atoms. The van der Waals surface area contributed by atoms with Crippen molar-refractivity contribution in [3.8, 4) is 0 Å². The highest BCUT2D eigenvalue weighted by molar-refractivity contribution is 5.29. The van der Waals surface area contributed by atoms with Crippen LogP contribution in [0.1, 0.15) is 34.8 Å². The summed E-state index contributed by atoms with van der Waals surface area (Å²) < 4.78 is 0. The first-order chi connectivity index (χ1) is 8.84. The number of nitrogens with zero attached hydrogens (tertiary/aromatic N) is 1. The van der Waals surface area contributed by atoms with Gasteiger partial charge in [0, 0.05) is 12.7 Å². The van der Waals surface area contributed by atoms with Gasteiger partial charge in [0.15, 0.2) is 0 Å². The standard InChI is InChI=1S/C16H18N2/c1-12-5-2-3-6-14(12)11-18-15-9-8-13-7-4-10-17-16(13)15/h2-7,10,15,18H,8-9,11H2,1H3. The minimum atomic E-state index is 0.417. The third-order valence-electron chi connectivity index (χ3n) is 3.76. The number of pyridine rings is 1. The molecule has 1 aromatic heterocycles. The minimum absolute atomic E-state index is 0.417. The van der Waals surface area contributed by atoms with Crippen LogP contribution in [0.4, 0.5) is 0 Å². The van der Waals surface area contributed by atoms with E-state index >= 15 is 0 Å². The molecule has 0 bridgehead atoms. The number of aryl methyl sites for hydroxylation is 2. The third kappa shape index (κ3) is 2.16. The fourth-order valence-corrected chi connectivity index (χ4v) is 2.65. The molecule has 3 rings (SSSR count). The van der Waals surface area contributed by atoms with Crippen LogP contribution in [0.5, 0.6) is 0 Å². The van der Waals surface area contributed by atoms with E-state index in [0.717, 1.165) is 19.4 Å². The summed E-state index contributed by atoms with van der Waals surface area (Å²) in [6.45, 7) is 3.09. The number of rotatable bonds is 3. The summed E-state index contributed by atoms with van der Waals surface area (Å²) in [6.07, 6.45) is 4.21. The molecule has 1 aromatic carbocycles. The highest BCUT2D eigenvalue weighted by Crippen LogP contribution is 2.29. The lowest BCUT2D eigenvalue weighted by atomic mass is 10.1. The van der Waals surface area contributed by atoms with Crippen LogP contribution in [-0.4, -0.2) is 4.98 Å². The van der Waals surface area contributed by atoms with E-state index in [4.69, 9.17) is 0 Å². The number of fused-ring (bicyclic) bond motifs is 1. The second kappa shape index (κ2) is 4.91. The first kappa shape index (κ1) is 11.4. The van der Waals surface area contributed by atoms with Gasteiger partial charge in [0.2, 0.25) is 0 Å². The maximum Gasteiger partial charge on any atom is 0.0605 e. The molecule has 1 aliphatic rings. The molecular formula is C16H18N2. The maximum atomic E-state index is 4.51. The Balaban J connectivity index is 1.71. The minimum Gasteiger partial charge on any atom is -0.304 e. The molecular weight excluding hydrogens is 220 g/mol. The quantitative estimate of drug-likeness (QED) is 0.888. The van der Waals surface area contributed by atoms with Gasteiger partial charge in [0.05, 0.1) is 11.7 Å². The summed E-state index contributed by atoms with van der Waals surface area (Å²) in [6, 6.07) is 13.2. The molecule has 1 heterocycles. The zero-order valence-electron chi connectivity index (χ0n) is 10.7. The number of benzene rings is 1. The van der Waals surface area contributed by atoms with Crippen molar-refractivity contribution in [2.45, 2.75) is 32.4 Å². The van der Waals surface area contributed by atoms with Crippen LogP contribution in [0.15, 0.2) is 42.6 Å². The van der Waals surface area contributed by atoms with Crippen LogP contribution in [0.2, 0.25) is 0 Å². The monoisotopic (exact) mass is 238 g/mol. The average molecular weight is 238 g/mol. The van der Waals surface area contributed by atoms with E-state index in [9.17, 15) is 0 Å². The van der Waals surface area contributed by atoms with Gasteiger partial charge in [-0.3, -0.25) is 4.98 Å². The first-order valence-corrected chi connectivity index (χ1v) is 6.56. The largest absolute Gasteiger partial charge is 0.304 e. The van der Waals surface area contributed by atoms with Crippen molar-refractivity contribution in [3.63, 3.8) is 0 Å². The molecule has 0 radical (unpaired) electrons. The van der Waals surface area contributed by atoms with Crippen LogP contribution < -0.4 is 5.32 Å². The topological polar surface area (TPSA) is 24.9 Å². The molecule has 0 aliphatic heterocycles. The number of nitrogens with one attached hydrogen (secondary N) is 1. The van der Waals surface area contributed by atoms with Gasteiger partial charge in [-0.2, -0.15) is 0 Å². The third-order valence-corrected chi connectivity index (χ3v) is 3.76. The van der Waals surface area contributed by atoms with Crippen molar-refractivity contribution in [2.24, 2.45) is 0 Å². The molecule has 1 aliphatic carbocycles. The molecule has 0 spiro atoms. The fraction of sp³-hybridized carbons (Fsp3) is 0.312. The summed E-state index contributed by atoms with van der Waals surface area (Å²) in [5.41, 5.74) is 5.37. The highest BCUT2D eigenvalue weighted by Gasteiger charge is 2.22. The fourth-order valence-electron chi connectivity index (χ4n) is 2.65. The van der Waals surface area contributed by atoms with E-state index in [1.165, 1.54) is 22.4 Å². The van der Waals surface area contributed by atoms with E-state index in [0.29, 0.717) is 6.04 Å². The number of hydrogen-bond acceptors (Lipinski definition) is 2. The Morgan fingerprint density at radius 1 is 1.22 bits per heavy atom. The first-order valence-electron chi connectivity index (χ1n) is 6.56. The normalized spacial score (nSPS) is 17.7. The molecule has 2 nitrogen and oxygen atoms in total. The van der Waals surface area contributed by atoms with Crippen LogP contribution in [0.3, 0.4) is 0 Å². The molecule has 0 saturated carbocycles. The van der Waals surface area contributed by atoms with Crippen molar-refractivity contribution < 1.29 is 0 Å². The Hall–Kier alpha value is -1.67. The zero-order valence-corrected chi connectivity index (χ0v) is 10.7. The van der Waals surface area contributed by atoms with Crippen molar-refractivity contribution in [2.75, 3.05) is 0 Å². The van der Waals surface area contributed by atoms with Crippen molar-refractivity contribution >= 4 is 0 Å². The summed E-state index contributed by atoms with van der Waals surface area (Å²) >= 11 is 0. The molecule has 0 saturated heterocycles. The van der Waals surface area contributed by atoms with Gasteiger partial charge >= 0.3 is 0 Å². The van der Waals surface area contributed by atoms with Gasteiger partial charge in [-0.25, -0.2) is 0 Å². The van der Waals surface area contributed by atoms with E-state index in [-0.39, 0.29) is 0 Å². The summed E-state index contributed by atoms with van der Waals surface area (Å²) in [4.78, 5) is 4.51. The average Bonchev–Trinajstić information content (AvgIpc) is 2.81. The van der Waals surface area contributed by atoms with Gasteiger partial charge in [-0.15, -0.1) is 0 Å². The zero-order chi connectivity index (χ0) is 12.4. The number of aromatic nitrogens is 1.